The van der Waals surface area contributed by atoms with Gasteiger partial charge in [0.1, 0.15) is 59.6 Å². The molecule has 2 fully saturated rings. The van der Waals surface area contributed by atoms with Crippen LogP contribution in [0.1, 0.15) is 143 Å². The standard InChI is InChI=1S/C60H71Cl4F2N11O11/c1-33(48-42(61)12-13-43(65)51(48)63)84-45-23-36(39-26-70-75(29-39)41-16-20-73(21-17-41)57(81)88-60(9,10)11)31-77(53(45)67)83-32-37-22-44(66)52(64)49(50(37)62)34(2)85-46-24-35(30-76(82)54(46)71-47(78)27-68-55(79)86-58(3,4)5)38-25-69-74(28-38)40-14-18-72(19-15-40)56(80)87-59(6,7)8/h12-13,22-26,28-31,33-34,40-41,67,82H,14-21,27,32H2,1-11H3,(H,68,79)/p+2. The fourth-order valence-electron chi connectivity index (χ4n) is 9.83. The van der Waals surface area contributed by atoms with Crippen molar-refractivity contribution in [2.45, 2.75) is 150 Å². The maximum atomic E-state index is 16.3. The number of nitrogen functional groups attached to an aromatic ring is 1. The number of anilines is 2. The molecule has 0 radical (unpaired) electrons. The first-order valence-electron chi connectivity index (χ1n) is 28.4. The Labute approximate surface area is 528 Å². The fraction of sp³-hybridized carbons (Fsp3) is 0.467. The summed E-state index contributed by atoms with van der Waals surface area (Å²) >= 11 is 26.8. The van der Waals surface area contributed by atoms with Crippen LogP contribution in [0.3, 0.4) is 0 Å². The van der Waals surface area contributed by atoms with E-state index in [1.54, 1.807) is 73.0 Å². The Kier molecular flexibility index (Phi) is 20.4. The minimum atomic E-state index is -1.23. The molecular weight excluding hydrogens is 1230 g/mol. The van der Waals surface area contributed by atoms with Gasteiger partial charge in [0.25, 0.3) is 0 Å². The van der Waals surface area contributed by atoms with Crippen LogP contribution in [0.25, 0.3) is 22.3 Å². The van der Waals surface area contributed by atoms with Crippen molar-refractivity contribution in [3.05, 3.63) is 116 Å². The van der Waals surface area contributed by atoms with E-state index in [1.165, 1.54) is 30.0 Å². The third kappa shape index (κ3) is 16.6. The summed E-state index contributed by atoms with van der Waals surface area (Å²) in [5.74, 6) is -2.90. The third-order valence-electron chi connectivity index (χ3n) is 14.1. The second-order valence-electron chi connectivity index (χ2n) is 24.4. The molecule has 2 atom stereocenters. The third-order valence-corrected chi connectivity index (χ3v) is 15.6. The van der Waals surface area contributed by atoms with Crippen LogP contribution >= 0.6 is 46.4 Å². The first-order valence-corrected chi connectivity index (χ1v) is 30.0. The zero-order chi connectivity index (χ0) is 64.3. The van der Waals surface area contributed by atoms with Crippen LogP contribution in [-0.4, -0.2) is 108 Å². The average Bonchev–Trinajstić information content (AvgIpc) is 2.16. The van der Waals surface area contributed by atoms with Crippen molar-refractivity contribution >= 4 is 82.2 Å². The Morgan fingerprint density at radius 2 is 1.17 bits per heavy atom. The van der Waals surface area contributed by atoms with E-state index < -0.39 is 76.9 Å². The Balaban J connectivity index is 1.08. The van der Waals surface area contributed by atoms with Gasteiger partial charge in [-0.25, -0.2) is 33.3 Å². The summed E-state index contributed by atoms with van der Waals surface area (Å²) in [6.07, 6.45) is 8.22. The quantitative estimate of drug-likeness (QED) is 0.0305. The molecule has 4 amide bonds. The van der Waals surface area contributed by atoms with Gasteiger partial charge in [-0.15, -0.1) is 0 Å². The van der Waals surface area contributed by atoms with Crippen LogP contribution < -0.4 is 40.1 Å². The molecule has 5 N–H and O–H groups in total. The number of rotatable bonds is 16. The van der Waals surface area contributed by atoms with Gasteiger partial charge < -0.3 is 48.8 Å². The molecule has 4 aromatic heterocycles. The zero-order valence-electron chi connectivity index (χ0n) is 50.7. The molecule has 88 heavy (non-hydrogen) atoms. The van der Waals surface area contributed by atoms with Crippen LogP contribution in [0.15, 0.2) is 67.5 Å². The van der Waals surface area contributed by atoms with Gasteiger partial charge in [0, 0.05) is 94.7 Å². The second kappa shape index (κ2) is 27.1. The Morgan fingerprint density at radius 1 is 0.682 bits per heavy atom. The fourth-order valence-corrected chi connectivity index (χ4v) is 11.2. The summed E-state index contributed by atoms with van der Waals surface area (Å²) < 4.78 is 65.8. The smallest absolute Gasteiger partial charge is 0.410 e. The highest BCUT2D eigenvalue weighted by Crippen LogP contribution is 2.41. The maximum Gasteiger partial charge on any atom is 0.410 e. The van der Waals surface area contributed by atoms with Crippen molar-refractivity contribution < 1.29 is 71.1 Å². The number of carbonyl (C=O) groups is 4. The monoisotopic (exact) mass is 1300 g/mol. The second-order valence-corrected chi connectivity index (χ2v) is 26.0. The van der Waals surface area contributed by atoms with E-state index in [1.807, 2.05) is 52.4 Å². The first kappa shape index (κ1) is 66.4. The van der Waals surface area contributed by atoms with E-state index in [4.69, 9.17) is 80.7 Å². The van der Waals surface area contributed by atoms with Gasteiger partial charge in [-0.1, -0.05) is 46.4 Å². The van der Waals surface area contributed by atoms with Gasteiger partial charge in [-0.2, -0.15) is 10.2 Å². The lowest BCUT2D eigenvalue weighted by Gasteiger charge is -2.33. The van der Waals surface area contributed by atoms with E-state index in [-0.39, 0.29) is 73.1 Å². The predicted octanol–water partition coefficient (Wildman–Crippen LogP) is 12.2. The number of pyridine rings is 2. The van der Waals surface area contributed by atoms with Gasteiger partial charge in [0.2, 0.25) is 11.5 Å². The molecule has 2 unspecified atom stereocenters. The number of benzene rings is 2. The number of aromatic nitrogens is 6. The summed E-state index contributed by atoms with van der Waals surface area (Å²) in [6, 6.07) is 6.57. The number of hydrogen-bond acceptors (Lipinski definition) is 14. The summed E-state index contributed by atoms with van der Waals surface area (Å²) in [6.45, 7) is 19.7. The van der Waals surface area contributed by atoms with Crippen molar-refractivity contribution in [2.75, 3.05) is 43.8 Å². The number of ether oxygens (including phenoxy) is 5. The van der Waals surface area contributed by atoms with Gasteiger partial charge in [0.15, 0.2) is 6.61 Å². The molecule has 0 aliphatic carbocycles. The predicted molar refractivity (Wildman–Crippen MR) is 324 cm³/mol. The van der Waals surface area contributed by atoms with Gasteiger partial charge in [0.05, 0.1) is 39.5 Å². The van der Waals surface area contributed by atoms with E-state index in [0.717, 1.165) is 12.1 Å². The summed E-state index contributed by atoms with van der Waals surface area (Å²) in [4.78, 5) is 61.2. The van der Waals surface area contributed by atoms with Crippen molar-refractivity contribution in [2.24, 2.45) is 0 Å². The molecule has 8 rings (SSSR count). The minimum absolute atomic E-state index is 0.0516. The molecule has 0 spiro atoms. The molecular formula is C60H73Cl4F2N11O11+2. The maximum absolute atomic E-state index is 16.3. The molecule has 2 aromatic carbocycles. The first-order chi connectivity index (χ1) is 41.2. The Hall–Kier alpha value is -7.54. The number of hydrogen-bond donors (Lipinski definition) is 4. The molecule has 2 aliphatic heterocycles. The van der Waals surface area contributed by atoms with Crippen molar-refractivity contribution in [3.63, 3.8) is 0 Å². The summed E-state index contributed by atoms with van der Waals surface area (Å²) in [5, 5.41) is 25.2. The molecule has 6 heterocycles. The largest absolute Gasteiger partial charge is 0.478 e. The van der Waals surface area contributed by atoms with Crippen LogP contribution in [-0.2, 0) is 25.6 Å². The number of halogens is 6. The number of amides is 4. The lowest BCUT2D eigenvalue weighted by atomic mass is 10.1. The lowest BCUT2D eigenvalue weighted by molar-refractivity contribution is -0.893. The van der Waals surface area contributed by atoms with Gasteiger partial charge in [-0.3, -0.25) is 15.1 Å². The molecule has 0 bridgehead atoms. The molecule has 2 aliphatic rings. The number of carbonyl (C=O) groups excluding carboxylic acids is 4. The normalized spacial score (nSPS) is 15.1. The topological polar surface area (TPSA) is 244 Å². The van der Waals surface area contributed by atoms with Gasteiger partial charge in [-0.05, 0) is 130 Å². The molecule has 22 nitrogen and oxygen atoms in total. The summed E-state index contributed by atoms with van der Waals surface area (Å²) in [5.41, 5.74) is 6.80. The molecule has 28 heteroatoms. The highest BCUT2D eigenvalue weighted by molar-refractivity contribution is 6.37. The van der Waals surface area contributed by atoms with Crippen molar-refractivity contribution in [1.82, 2.24) is 34.7 Å². The highest BCUT2D eigenvalue weighted by atomic mass is 35.5. The number of nitrogens with two attached hydrogens (primary N) is 1. The van der Waals surface area contributed by atoms with Crippen molar-refractivity contribution in [3.8, 4) is 33.8 Å². The number of alkyl carbamates (subject to hydrolysis) is 1. The van der Waals surface area contributed by atoms with Gasteiger partial charge >= 0.3 is 35.8 Å². The van der Waals surface area contributed by atoms with Crippen molar-refractivity contribution in [1.29, 1.82) is 0 Å². The minimum Gasteiger partial charge on any atom is -0.478 e. The number of nitrogens with one attached hydrogen (secondary N) is 2. The van der Waals surface area contributed by atoms with Crippen LogP contribution in [0, 0.1) is 11.6 Å². The Morgan fingerprint density at radius 3 is 1.70 bits per heavy atom. The zero-order valence-corrected chi connectivity index (χ0v) is 53.7. The van der Waals surface area contributed by atoms with E-state index in [2.05, 4.69) is 20.8 Å². The van der Waals surface area contributed by atoms with Crippen LogP contribution in [0.5, 0.6) is 11.5 Å². The summed E-state index contributed by atoms with van der Waals surface area (Å²) in [7, 11) is 0. The lowest BCUT2D eigenvalue weighted by Crippen LogP contribution is -2.45. The number of nitrogens with zero attached hydrogens (tertiary/aromatic N) is 8. The van der Waals surface area contributed by atoms with Crippen LogP contribution in [0.2, 0.25) is 20.1 Å². The van der Waals surface area contributed by atoms with E-state index >= 15 is 4.39 Å². The number of piperidine rings is 2. The van der Waals surface area contributed by atoms with E-state index in [9.17, 15) is 28.8 Å². The molecule has 6 aromatic rings. The highest BCUT2D eigenvalue weighted by Gasteiger charge is 2.34. The SMILES string of the molecule is CC(Oc1cc(-c2cnn(C3CCN(C(=O)OC(C)(C)C)CC3)c2)c[n+](OCc2cc(F)c(Cl)c(C(C)Oc3cc(-c4cnn(C5CCN(C(=O)OC(C)(C)C)CC5)c4)c[n+](O)c3NC(=O)CNC(=O)OC(C)(C)C)c2Cl)c1N)c1c(Cl)ccc(F)c1Cl. The molecule has 0 saturated carbocycles. The molecule has 474 valence electrons. The van der Waals surface area contributed by atoms with Crippen LogP contribution in [0.4, 0.5) is 34.8 Å². The average molecular weight is 1300 g/mol. The van der Waals surface area contributed by atoms with E-state index in [0.29, 0.717) is 78.8 Å². The molecule has 2 saturated heterocycles. The Bertz CT molecular complexity index is 3570. The number of likely N-dealkylation sites (tertiary alicyclic amines) is 2.